The van der Waals surface area contributed by atoms with E-state index in [1.165, 1.54) is 0 Å². The third kappa shape index (κ3) is 4.93. The van der Waals surface area contributed by atoms with Gasteiger partial charge in [0.05, 0.1) is 12.2 Å². The Bertz CT molecular complexity index is 462. The minimum atomic E-state index is 0.277. The Balaban J connectivity index is 1.96. The highest BCUT2D eigenvalue weighted by molar-refractivity contribution is 9.10. The summed E-state index contributed by atoms with van der Waals surface area (Å²) in [7, 11) is 1.99. The summed E-state index contributed by atoms with van der Waals surface area (Å²) in [5, 5.41) is 4.20. The molecule has 3 atom stereocenters. The summed E-state index contributed by atoms with van der Waals surface area (Å²) >= 11 is 9.82. The summed E-state index contributed by atoms with van der Waals surface area (Å²) in [6.45, 7) is 7.35. The lowest BCUT2D eigenvalue weighted by molar-refractivity contribution is -0.0685. The lowest BCUT2D eigenvalue weighted by Crippen LogP contribution is -2.46. The molecule has 1 fully saturated rings. The number of ether oxygens (including phenoxy) is 1. The van der Waals surface area contributed by atoms with Gasteiger partial charge in [-0.25, -0.2) is 0 Å². The van der Waals surface area contributed by atoms with Crippen molar-refractivity contribution in [3.63, 3.8) is 0 Å². The molecule has 1 aromatic rings. The van der Waals surface area contributed by atoms with Crippen LogP contribution in [0.1, 0.15) is 31.9 Å². The second-order valence-corrected chi connectivity index (χ2v) is 7.14. The van der Waals surface area contributed by atoms with E-state index in [1.54, 1.807) is 0 Å². The maximum Gasteiger partial charge on any atom is 0.0678 e. The van der Waals surface area contributed by atoms with Crippen molar-refractivity contribution in [2.75, 3.05) is 26.7 Å². The first-order chi connectivity index (χ1) is 9.99. The van der Waals surface area contributed by atoms with Gasteiger partial charge in [0.15, 0.2) is 0 Å². The van der Waals surface area contributed by atoms with Crippen molar-refractivity contribution in [2.45, 2.75) is 38.5 Å². The zero-order valence-electron chi connectivity index (χ0n) is 12.9. The van der Waals surface area contributed by atoms with Gasteiger partial charge < -0.3 is 10.1 Å². The van der Waals surface area contributed by atoms with Crippen LogP contribution < -0.4 is 5.32 Å². The van der Waals surface area contributed by atoms with Crippen LogP contribution in [0.25, 0.3) is 0 Å². The number of hydrogen-bond acceptors (Lipinski definition) is 3. The topological polar surface area (TPSA) is 24.5 Å². The first kappa shape index (κ1) is 17.2. The second-order valence-electron chi connectivity index (χ2n) is 5.81. The quantitative estimate of drug-likeness (QED) is 0.845. The Hall–Kier alpha value is -0.130. The highest BCUT2D eigenvalue weighted by Crippen LogP contribution is 2.28. The van der Waals surface area contributed by atoms with Crippen LogP contribution in [0, 0.1) is 0 Å². The summed E-state index contributed by atoms with van der Waals surface area (Å²) < 4.78 is 6.80. The number of hydrogen-bond donors (Lipinski definition) is 1. The number of nitrogens with zero attached hydrogens (tertiary/aromatic N) is 1. The normalized spacial score (nSPS) is 25.0. The van der Waals surface area contributed by atoms with Crippen molar-refractivity contribution in [2.24, 2.45) is 0 Å². The van der Waals surface area contributed by atoms with Gasteiger partial charge >= 0.3 is 0 Å². The maximum atomic E-state index is 6.37. The molecule has 1 unspecified atom stereocenters. The SMILES string of the molecule is CNC(CCN1C[C@@H](C)O[C@@H](C)C1)c1ccc(Br)cc1Cl. The molecule has 0 radical (unpaired) electrons. The lowest BCUT2D eigenvalue weighted by atomic mass is 10.0. The Labute approximate surface area is 141 Å². The van der Waals surface area contributed by atoms with E-state index in [-0.39, 0.29) is 6.04 Å². The van der Waals surface area contributed by atoms with Gasteiger partial charge in [0.1, 0.15) is 0 Å². The number of nitrogens with one attached hydrogen (secondary N) is 1. The number of benzene rings is 1. The van der Waals surface area contributed by atoms with E-state index in [9.17, 15) is 0 Å². The average molecular weight is 376 g/mol. The van der Waals surface area contributed by atoms with E-state index in [1.807, 2.05) is 19.2 Å². The number of morpholine rings is 1. The molecule has 1 saturated heterocycles. The molecular weight excluding hydrogens is 352 g/mol. The van der Waals surface area contributed by atoms with Crippen molar-refractivity contribution < 1.29 is 4.74 Å². The van der Waals surface area contributed by atoms with Gasteiger partial charge in [-0.3, -0.25) is 4.90 Å². The van der Waals surface area contributed by atoms with Crippen molar-refractivity contribution in [3.8, 4) is 0 Å². The molecule has 1 aliphatic heterocycles. The van der Waals surface area contributed by atoms with Crippen LogP contribution in [0.2, 0.25) is 5.02 Å². The van der Waals surface area contributed by atoms with Gasteiger partial charge in [-0.2, -0.15) is 0 Å². The van der Waals surface area contributed by atoms with Crippen molar-refractivity contribution >= 4 is 27.5 Å². The molecule has 0 bridgehead atoms. The fraction of sp³-hybridized carbons (Fsp3) is 0.625. The number of halogens is 2. The molecule has 2 rings (SSSR count). The van der Waals surface area contributed by atoms with Crippen LogP contribution >= 0.6 is 27.5 Å². The lowest BCUT2D eigenvalue weighted by Gasteiger charge is -2.36. The average Bonchev–Trinajstić information content (AvgIpc) is 2.40. The van der Waals surface area contributed by atoms with Gasteiger partial charge in [0.25, 0.3) is 0 Å². The first-order valence-corrected chi connectivity index (χ1v) is 8.66. The Kier molecular flexibility index (Phi) is 6.51. The van der Waals surface area contributed by atoms with E-state index in [4.69, 9.17) is 16.3 Å². The minimum Gasteiger partial charge on any atom is -0.373 e. The van der Waals surface area contributed by atoms with Crippen LogP contribution in [0.5, 0.6) is 0 Å². The molecule has 0 aliphatic carbocycles. The standard InChI is InChI=1S/C16H24BrClN2O/c1-11-9-20(10-12(2)21-11)7-6-16(19-3)14-5-4-13(17)8-15(14)18/h4-5,8,11-12,16,19H,6-7,9-10H2,1-3H3/t11-,12+,16?. The molecule has 0 spiro atoms. The Morgan fingerprint density at radius 1 is 1.38 bits per heavy atom. The maximum absolute atomic E-state index is 6.37. The molecule has 1 aliphatic rings. The van der Waals surface area contributed by atoms with Crippen LogP contribution in [0.15, 0.2) is 22.7 Å². The van der Waals surface area contributed by atoms with Gasteiger partial charge in [-0.1, -0.05) is 33.6 Å². The summed E-state index contributed by atoms with van der Waals surface area (Å²) in [6, 6.07) is 6.38. The predicted octanol–water partition coefficient (Wildman–Crippen LogP) is 3.86. The summed E-state index contributed by atoms with van der Waals surface area (Å²) in [4.78, 5) is 2.48. The van der Waals surface area contributed by atoms with Gasteiger partial charge in [-0.05, 0) is 45.0 Å². The predicted molar refractivity (Wildman–Crippen MR) is 92.0 cm³/mol. The van der Waals surface area contributed by atoms with E-state index < -0.39 is 0 Å². The summed E-state index contributed by atoms with van der Waals surface area (Å²) in [5.74, 6) is 0. The molecule has 0 aromatic heterocycles. The van der Waals surface area contributed by atoms with Crippen LogP contribution in [0.3, 0.4) is 0 Å². The van der Waals surface area contributed by atoms with Crippen LogP contribution in [-0.2, 0) is 4.74 Å². The van der Waals surface area contributed by atoms with Gasteiger partial charge in [0, 0.05) is 35.2 Å². The fourth-order valence-electron chi connectivity index (χ4n) is 3.02. The third-order valence-electron chi connectivity index (χ3n) is 3.92. The molecule has 1 aromatic carbocycles. The second kappa shape index (κ2) is 7.93. The fourth-order valence-corrected chi connectivity index (χ4v) is 3.82. The third-order valence-corrected chi connectivity index (χ3v) is 4.74. The highest BCUT2D eigenvalue weighted by atomic mass is 79.9. The monoisotopic (exact) mass is 374 g/mol. The number of rotatable bonds is 5. The molecule has 0 saturated carbocycles. The zero-order chi connectivity index (χ0) is 15.4. The molecule has 21 heavy (non-hydrogen) atoms. The van der Waals surface area contributed by atoms with Crippen molar-refractivity contribution in [1.29, 1.82) is 0 Å². The van der Waals surface area contributed by atoms with E-state index >= 15 is 0 Å². The van der Waals surface area contributed by atoms with Crippen LogP contribution in [0.4, 0.5) is 0 Å². The van der Waals surface area contributed by atoms with Crippen LogP contribution in [-0.4, -0.2) is 43.8 Å². The minimum absolute atomic E-state index is 0.277. The Morgan fingerprint density at radius 2 is 2.05 bits per heavy atom. The highest BCUT2D eigenvalue weighted by Gasteiger charge is 2.23. The smallest absolute Gasteiger partial charge is 0.0678 e. The largest absolute Gasteiger partial charge is 0.373 e. The van der Waals surface area contributed by atoms with E-state index in [2.05, 4.69) is 46.1 Å². The van der Waals surface area contributed by atoms with E-state index in [0.717, 1.165) is 41.1 Å². The molecule has 1 heterocycles. The van der Waals surface area contributed by atoms with Gasteiger partial charge in [0.2, 0.25) is 0 Å². The van der Waals surface area contributed by atoms with Crippen molar-refractivity contribution in [1.82, 2.24) is 10.2 Å². The summed E-state index contributed by atoms with van der Waals surface area (Å²) in [5.41, 5.74) is 1.16. The molecular formula is C16H24BrClN2O. The van der Waals surface area contributed by atoms with E-state index in [0.29, 0.717) is 12.2 Å². The summed E-state index contributed by atoms with van der Waals surface area (Å²) in [6.07, 6.45) is 1.67. The molecule has 3 nitrogen and oxygen atoms in total. The first-order valence-electron chi connectivity index (χ1n) is 7.49. The molecule has 0 amide bonds. The van der Waals surface area contributed by atoms with Crippen molar-refractivity contribution in [3.05, 3.63) is 33.3 Å². The molecule has 5 heteroatoms. The van der Waals surface area contributed by atoms with Gasteiger partial charge in [-0.15, -0.1) is 0 Å². The molecule has 118 valence electrons. The molecule has 1 N–H and O–H groups in total. The Morgan fingerprint density at radius 3 is 2.62 bits per heavy atom. The zero-order valence-corrected chi connectivity index (χ0v) is 15.2.